The summed E-state index contributed by atoms with van der Waals surface area (Å²) in [6.07, 6.45) is 1.12. The Morgan fingerprint density at radius 2 is 1.70 bits per heavy atom. The number of aliphatic carboxylic acids is 1. The van der Waals surface area contributed by atoms with Gasteiger partial charge in [-0.3, -0.25) is 14.9 Å². The molecule has 3 aliphatic rings. The normalized spacial score (nSPS) is 18.6. The van der Waals surface area contributed by atoms with Crippen molar-refractivity contribution in [2.24, 2.45) is 0 Å². The van der Waals surface area contributed by atoms with Crippen molar-refractivity contribution in [1.82, 2.24) is 20.6 Å². The number of ether oxygens (including phenoxy) is 2. The second kappa shape index (κ2) is 15.1. The number of carbonyl (C=O) groups is 2. The van der Waals surface area contributed by atoms with Crippen LogP contribution in [-0.4, -0.2) is 52.8 Å². The molecule has 0 radical (unpaired) electrons. The molecule has 2 atom stereocenters. The maximum absolute atomic E-state index is 14.5. The number of benzene rings is 2. The van der Waals surface area contributed by atoms with Gasteiger partial charge in [0.15, 0.2) is 0 Å². The molecule has 10 nitrogen and oxygen atoms in total. The molecule has 3 heterocycles. The zero-order chi connectivity index (χ0) is 38.2. The second-order valence-corrected chi connectivity index (χ2v) is 14.5. The predicted octanol–water partition coefficient (Wildman–Crippen LogP) is 7.91. The highest BCUT2D eigenvalue weighted by molar-refractivity contribution is 6.36. The van der Waals surface area contributed by atoms with Gasteiger partial charge in [-0.1, -0.05) is 54.1 Å². The van der Waals surface area contributed by atoms with E-state index in [9.17, 15) is 27.9 Å². The van der Waals surface area contributed by atoms with Gasteiger partial charge in [-0.15, -0.1) is 0 Å². The van der Waals surface area contributed by atoms with Crippen molar-refractivity contribution in [1.29, 1.82) is 0 Å². The SMILES string of the molecule is COc1nc(-c2cccc(-c3cccc4c3CC[C@@H]4Nc3nc(OC)c(CNC4(C(=O)O)CC4)cc3C(F)(F)F)c2Cl)ccc1CCC[C@@H]1CCC(=O)N1. The molecule has 2 aliphatic carbocycles. The van der Waals surface area contributed by atoms with E-state index < -0.39 is 29.3 Å². The summed E-state index contributed by atoms with van der Waals surface area (Å²) >= 11 is 7.13. The molecule has 7 rings (SSSR count). The molecule has 0 spiro atoms. The molecule has 0 unspecified atom stereocenters. The number of pyridine rings is 2. The van der Waals surface area contributed by atoms with E-state index in [1.54, 1.807) is 7.11 Å². The molecule has 14 heteroatoms. The highest BCUT2D eigenvalue weighted by Crippen LogP contribution is 2.45. The van der Waals surface area contributed by atoms with Crippen LogP contribution in [0.4, 0.5) is 19.0 Å². The van der Waals surface area contributed by atoms with E-state index in [2.05, 4.69) is 20.9 Å². The van der Waals surface area contributed by atoms with Crippen LogP contribution >= 0.6 is 11.6 Å². The molecule has 2 aromatic heterocycles. The fourth-order valence-corrected chi connectivity index (χ4v) is 7.93. The summed E-state index contributed by atoms with van der Waals surface area (Å²) in [5, 5.41) is 18.9. The number of fused-ring (bicyclic) bond motifs is 1. The third kappa shape index (κ3) is 7.56. The number of aryl methyl sites for hydroxylation is 1. The summed E-state index contributed by atoms with van der Waals surface area (Å²) in [4.78, 5) is 32.3. The minimum absolute atomic E-state index is 0.0212. The molecule has 1 amide bonds. The van der Waals surface area contributed by atoms with Gasteiger partial charge in [-0.05, 0) is 80.2 Å². The number of halogens is 4. The number of carboxylic acid groups (broad SMARTS) is 1. The number of alkyl halides is 3. The minimum Gasteiger partial charge on any atom is -0.481 e. The van der Waals surface area contributed by atoms with Gasteiger partial charge in [0, 0.05) is 41.3 Å². The zero-order valence-corrected chi connectivity index (χ0v) is 30.7. The Hall–Kier alpha value is -4.88. The topological polar surface area (TPSA) is 135 Å². The third-order valence-corrected chi connectivity index (χ3v) is 11.1. The maximum Gasteiger partial charge on any atom is 0.419 e. The van der Waals surface area contributed by atoms with E-state index in [1.807, 2.05) is 48.5 Å². The third-order valence-electron chi connectivity index (χ3n) is 10.7. The van der Waals surface area contributed by atoms with E-state index in [0.717, 1.165) is 65.1 Å². The summed E-state index contributed by atoms with van der Waals surface area (Å²) in [5.41, 5.74) is 3.81. The number of carboxylic acids is 1. The van der Waals surface area contributed by atoms with Crippen LogP contribution in [-0.2, 0) is 35.2 Å². The van der Waals surface area contributed by atoms with Crippen LogP contribution in [0.25, 0.3) is 22.4 Å². The average molecular weight is 764 g/mol. The van der Waals surface area contributed by atoms with Gasteiger partial charge in [-0.2, -0.15) is 18.2 Å². The number of carbonyl (C=O) groups excluding carboxylic acids is 1. The Labute approximate surface area is 315 Å². The number of methoxy groups -OCH3 is 2. The molecule has 4 aromatic rings. The first-order valence-electron chi connectivity index (χ1n) is 18.0. The lowest BCUT2D eigenvalue weighted by molar-refractivity contribution is -0.141. The van der Waals surface area contributed by atoms with Crippen molar-refractivity contribution in [2.75, 3.05) is 19.5 Å². The van der Waals surface area contributed by atoms with Crippen LogP contribution in [0.2, 0.25) is 5.02 Å². The monoisotopic (exact) mass is 763 g/mol. The summed E-state index contributed by atoms with van der Waals surface area (Å²) < 4.78 is 54.5. The van der Waals surface area contributed by atoms with Crippen LogP contribution in [0.5, 0.6) is 11.8 Å². The quantitative estimate of drug-likeness (QED) is 0.101. The van der Waals surface area contributed by atoms with E-state index in [4.69, 9.17) is 26.1 Å². The number of nitrogens with zero attached hydrogens (tertiary/aromatic N) is 2. The first-order valence-corrected chi connectivity index (χ1v) is 18.4. The Morgan fingerprint density at radius 3 is 2.39 bits per heavy atom. The summed E-state index contributed by atoms with van der Waals surface area (Å²) in [7, 11) is 2.91. The van der Waals surface area contributed by atoms with Gasteiger partial charge in [0.05, 0.1) is 36.5 Å². The van der Waals surface area contributed by atoms with Crippen molar-refractivity contribution in [3.8, 4) is 34.1 Å². The van der Waals surface area contributed by atoms with Crippen molar-refractivity contribution in [2.45, 2.75) is 88.1 Å². The van der Waals surface area contributed by atoms with Crippen LogP contribution in [0.3, 0.4) is 0 Å². The van der Waals surface area contributed by atoms with Gasteiger partial charge in [0.25, 0.3) is 0 Å². The Balaban J connectivity index is 1.13. The van der Waals surface area contributed by atoms with Crippen molar-refractivity contribution < 1.29 is 37.3 Å². The molecular weight excluding hydrogens is 723 g/mol. The number of hydrogen-bond acceptors (Lipinski definition) is 8. The van der Waals surface area contributed by atoms with E-state index in [-0.39, 0.29) is 35.8 Å². The van der Waals surface area contributed by atoms with Crippen LogP contribution in [0.15, 0.2) is 54.6 Å². The van der Waals surface area contributed by atoms with E-state index in [0.29, 0.717) is 48.7 Å². The van der Waals surface area contributed by atoms with Gasteiger partial charge >= 0.3 is 12.1 Å². The molecule has 1 saturated carbocycles. The van der Waals surface area contributed by atoms with Crippen LogP contribution in [0, 0.1) is 0 Å². The molecule has 284 valence electrons. The standard InChI is InChI=1S/C40H41ClF3N5O5/c1-53-36-22(6-3-7-24-13-17-33(50)46-24)12-15-32(48-36)29-11-5-10-28(34(29)41)25-8-4-9-27-26(25)14-16-31(27)47-35-30(40(42,43)44)20-23(37(49-35)54-2)21-45-39(18-19-39)38(51)52/h4-5,8-12,15,20,24,31,45H,3,6-7,13-14,16-19,21H2,1-2H3,(H,46,50)(H,47,49)(H,51,52)/t24-,31+/m1/s1. The number of aromatic nitrogens is 2. The Bertz CT molecular complexity index is 2090. The van der Waals surface area contributed by atoms with Crippen molar-refractivity contribution in [3.05, 3.63) is 87.4 Å². The lowest BCUT2D eigenvalue weighted by Crippen LogP contribution is -2.38. The largest absolute Gasteiger partial charge is 0.481 e. The zero-order valence-electron chi connectivity index (χ0n) is 29.9. The van der Waals surface area contributed by atoms with Gasteiger partial charge in [0.2, 0.25) is 17.7 Å². The lowest BCUT2D eigenvalue weighted by Gasteiger charge is -2.22. The minimum atomic E-state index is -4.73. The van der Waals surface area contributed by atoms with Gasteiger partial charge in [-0.25, -0.2) is 4.98 Å². The van der Waals surface area contributed by atoms with Crippen LogP contribution in [0.1, 0.15) is 78.8 Å². The first kappa shape index (κ1) is 37.4. The molecule has 1 saturated heterocycles. The smallest absolute Gasteiger partial charge is 0.419 e. The van der Waals surface area contributed by atoms with Crippen LogP contribution < -0.4 is 25.4 Å². The summed E-state index contributed by atoms with van der Waals surface area (Å²) in [5.74, 6) is -0.802. The molecule has 2 aromatic carbocycles. The van der Waals surface area contributed by atoms with Crippen molar-refractivity contribution >= 4 is 29.3 Å². The van der Waals surface area contributed by atoms with Gasteiger partial charge in [0.1, 0.15) is 11.4 Å². The van der Waals surface area contributed by atoms with E-state index in [1.165, 1.54) is 7.11 Å². The number of amides is 1. The number of rotatable bonds is 14. The lowest BCUT2D eigenvalue weighted by atomic mass is 9.94. The number of nitrogens with one attached hydrogen (secondary N) is 3. The molecule has 0 bridgehead atoms. The molecular formula is C40H41ClF3N5O5. The summed E-state index contributed by atoms with van der Waals surface area (Å²) in [6, 6.07) is 16.1. The molecule has 4 N–H and O–H groups in total. The molecule has 54 heavy (non-hydrogen) atoms. The van der Waals surface area contributed by atoms with E-state index >= 15 is 0 Å². The highest BCUT2D eigenvalue weighted by Gasteiger charge is 2.50. The number of anilines is 1. The fraction of sp³-hybridized carbons (Fsp3) is 0.400. The first-order chi connectivity index (χ1) is 25.9. The fourth-order valence-electron chi connectivity index (χ4n) is 7.60. The Morgan fingerprint density at radius 1 is 0.981 bits per heavy atom. The molecule has 2 fully saturated rings. The Kier molecular flexibility index (Phi) is 10.5. The highest BCUT2D eigenvalue weighted by atomic mass is 35.5. The number of hydrogen-bond donors (Lipinski definition) is 4. The molecule has 1 aliphatic heterocycles. The van der Waals surface area contributed by atoms with Crippen molar-refractivity contribution in [3.63, 3.8) is 0 Å². The summed E-state index contributed by atoms with van der Waals surface area (Å²) in [6.45, 7) is -0.143. The second-order valence-electron chi connectivity index (χ2n) is 14.1. The maximum atomic E-state index is 14.5. The average Bonchev–Trinajstić information content (AvgIpc) is 3.68. The predicted molar refractivity (Wildman–Crippen MR) is 198 cm³/mol. The van der Waals surface area contributed by atoms with Gasteiger partial charge < -0.3 is 25.2 Å².